The molecule has 3 atom stereocenters. The molecular weight excluding hydrogens is 1710 g/mol. The Kier molecular flexibility index (Phi) is 43.1. The van der Waals surface area contributed by atoms with Crippen molar-refractivity contribution in [2.24, 2.45) is 0 Å². The van der Waals surface area contributed by atoms with Crippen molar-refractivity contribution in [2.75, 3.05) is 59.2 Å². The molecule has 0 aliphatic heterocycles. The van der Waals surface area contributed by atoms with Crippen molar-refractivity contribution in [3.63, 3.8) is 0 Å². The van der Waals surface area contributed by atoms with Crippen LogP contribution in [0.25, 0.3) is 0 Å². The van der Waals surface area contributed by atoms with E-state index in [-0.39, 0.29) is 38.1 Å². The van der Waals surface area contributed by atoms with Gasteiger partial charge in [0.05, 0.1) is 26.1 Å². The normalized spacial score (nSPS) is 11.6. The molecule has 4 aromatic heterocycles. The van der Waals surface area contributed by atoms with Crippen molar-refractivity contribution in [2.45, 2.75) is 152 Å². The summed E-state index contributed by atoms with van der Waals surface area (Å²) in [6, 6.07) is 103. The van der Waals surface area contributed by atoms with Crippen LogP contribution in [0.1, 0.15) is 113 Å². The number of hydrogen-bond donors (Lipinski definition) is 5. The number of H-pyrrole nitrogens is 2. The van der Waals surface area contributed by atoms with Gasteiger partial charge in [-0.3, -0.25) is 44.3 Å². The number of Topliss-reactive ketones (excluding diaryl/α,β-unsaturated/α-hetero) is 1. The van der Waals surface area contributed by atoms with E-state index >= 15 is 0 Å². The van der Waals surface area contributed by atoms with E-state index in [2.05, 4.69) is 126 Å². The molecule has 0 saturated heterocycles. The largest absolute Gasteiger partial charge is 0.493 e. The number of aryl methyl sites for hydroxylation is 9. The number of imidazole rings is 1. The Balaban J connectivity index is 0.000000164. The van der Waals surface area contributed by atoms with Crippen LogP contribution in [0.3, 0.4) is 0 Å². The number of aromatic amines is 2. The third-order valence-corrected chi connectivity index (χ3v) is 22.8. The summed E-state index contributed by atoms with van der Waals surface area (Å²) in [5.41, 5.74) is 21.3. The molecule has 0 radical (unpaired) electrons. The number of ether oxygens (including phenoxy) is 5. The van der Waals surface area contributed by atoms with E-state index in [4.69, 9.17) is 23.7 Å². The van der Waals surface area contributed by atoms with Crippen LogP contribution in [0.5, 0.6) is 28.7 Å². The quantitative estimate of drug-likeness (QED) is 0.0238. The van der Waals surface area contributed by atoms with Crippen molar-refractivity contribution in [3.8, 4) is 28.7 Å². The van der Waals surface area contributed by atoms with Gasteiger partial charge in [0, 0.05) is 128 Å². The monoisotopic (exact) mass is 1840 g/mol. The van der Waals surface area contributed by atoms with Gasteiger partial charge in [-0.15, -0.1) is 0 Å². The second-order valence-electron chi connectivity index (χ2n) is 34.8. The molecule has 0 bridgehead atoms. The maximum Gasteiger partial charge on any atom is 0.226 e. The lowest BCUT2D eigenvalue weighted by atomic mass is 10.1. The third-order valence-electron chi connectivity index (χ3n) is 22.8. The lowest BCUT2D eigenvalue weighted by Gasteiger charge is -2.26. The predicted molar refractivity (Wildman–Crippen MR) is 545 cm³/mol. The number of aliphatic hydroxyl groups is 3. The molecular formula is C116H133N11O10. The first-order chi connectivity index (χ1) is 66.6. The molecule has 21 nitrogen and oxygen atoms in total. The molecule has 4 heterocycles. The van der Waals surface area contributed by atoms with Crippen LogP contribution in [-0.4, -0.2) is 159 Å². The number of benzene rings is 11. The molecule has 15 aromatic rings. The van der Waals surface area contributed by atoms with E-state index in [1.165, 1.54) is 72.3 Å². The smallest absolute Gasteiger partial charge is 0.226 e. The Bertz CT molecular complexity index is 5620. The summed E-state index contributed by atoms with van der Waals surface area (Å²) in [6.07, 6.45) is 11.3. The van der Waals surface area contributed by atoms with Crippen molar-refractivity contribution in [1.29, 1.82) is 0 Å². The van der Waals surface area contributed by atoms with Crippen LogP contribution in [-0.2, 0) is 75.0 Å². The highest BCUT2D eigenvalue weighted by molar-refractivity contribution is 5.82. The maximum atomic E-state index is 12.8. The van der Waals surface area contributed by atoms with Gasteiger partial charge in [-0.1, -0.05) is 258 Å². The van der Waals surface area contributed by atoms with E-state index in [9.17, 15) is 24.9 Å². The summed E-state index contributed by atoms with van der Waals surface area (Å²) in [7, 11) is 0. The van der Waals surface area contributed by atoms with Gasteiger partial charge >= 0.3 is 0 Å². The average Bonchev–Trinajstić information content (AvgIpc) is 1.85. The molecule has 0 aliphatic carbocycles. The summed E-state index contributed by atoms with van der Waals surface area (Å²) in [5, 5.41) is 38.7. The highest BCUT2D eigenvalue weighted by atomic mass is 16.5. The highest BCUT2D eigenvalue weighted by Gasteiger charge is 2.22. The molecule has 0 aliphatic rings. The van der Waals surface area contributed by atoms with Crippen LogP contribution < -0.4 is 23.7 Å². The Morgan fingerprint density at radius 1 is 0.328 bits per heavy atom. The topological polar surface area (TPSA) is 240 Å². The van der Waals surface area contributed by atoms with Gasteiger partial charge in [0.1, 0.15) is 79.3 Å². The minimum absolute atomic E-state index is 0.0717. The standard InChI is InChI=1S/C24H29N3O2.2C24H25NO2.2C22H27N3O2/c1-18-4-6-24(7-5-18)29-17-23(28)16-27(14-21-12-25-10-8-19(21)2)15-22-13-26-11-9-20(22)3;1-20-12-14-24(15-13-20)27-19-23(26)18-25(16-21-8-4-2-5-9-21)17-22-10-6-3-7-11-22;1-20-12-14-23(15-13-20)27-17-16-24(26)25(18-21-8-4-2-5-9-21)19-22-10-6-3-7-11-22;1-17-7-9-21(10-8-17)27-16-20(26)14-25(15-22-23-11-12-24-22)13-19-6-4-3-5-18(19)2;1-17-7-9-22(10-8-17)27-16-21(26)15-25(14-20-11-12-23-24-20)13-19-6-4-3-5-18(19)2/h4-13,23,28H,14-17H2,1-3H3;2*2-15H,16-19H2,1H3;3-12,20,26H,13-16H2,1-2H3,(H,23,24);3-12,21,26H,13-16H2,1-2H3,(H,23,24). The van der Waals surface area contributed by atoms with Crippen molar-refractivity contribution >= 4 is 11.7 Å². The molecule has 712 valence electrons. The highest BCUT2D eigenvalue weighted by Crippen LogP contribution is 2.24. The lowest BCUT2D eigenvalue weighted by Crippen LogP contribution is -2.35. The van der Waals surface area contributed by atoms with Crippen LogP contribution in [0.2, 0.25) is 0 Å². The Morgan fingerprint density at radius 3 is 1.04 bits per heavy atom. The van der Waals surface area contributed by atoms with Gasteiger partial charge < -0.3 is 48.9 Å². The van der Waals surface area contributed by atoms with Gasteiger partial charge in [-0.2, -0.15) is 5.10 Å². The zero-order valence-corrected chi connectivity index (χ0v) is 80.6. The fourth-order valence-electron chi connectivity index (χ4n) is 15.0. The number of carbonyl (C=O) groups is 2. The molecule has 5 N–H and O–H groups in total. The molecule has 1 amide bonds. The van der Waals surface area contributed by atoms with Gasteiger partial charge in [0.15, 0.2) is 5.78 Å². The number of nitrogens with one attached hydrogen (secondary N) is 2. The summed E-state index contributed by atoms with van der Waals surface area (Å²) in [5.74, 6) is 4.90. The number of aromatic nitrogens is 6. The van der Waals surface area contributed by atoms with Crippen molar-refractivity contribution in [1.82, 2.24) is 54.6 Å². The molecule has 0 fully saturated rings. The molecule has 0 saturated carbocycles. The van der Waals surface area contributed by atoms with Crippen LogP contribution in [0.15, 0.2) is 353 Å². The molecule has 3 unspecified atom stereocenters. The van der Waals surface area contributed by atoms with Gasteiger partial charge in [0.25, 0.3) is 0 Å². The third kappa shape index (κ3) is 39.1. The first kappa shape index (κ1) is 103. The van der Waals surface area contributed by atoms with Crippen LogP contribution in [0, 0.1) is 62.3 Å². The second kappa shape index (κ2) is 57.0. The fraction of sp³-hybridized carbons (Fsp3) is 0.276. The number of carbonyl (C=O) groups excluding carboxylic acids is 2. The van der Waals surface area contributed by atoms with E-state index in [1.807, 2.05) is 319 Å². The second-order valence-corrected chi connectivity index (χ2v) is 34.8. The zero-order valence-electron chi connectivity index (χ0n) is 80.6. The number of aliphatic hydroxyl groups excluding tert-OH is 3. The van der Waals surface area contributed by atoms with Crippen molar-refractivity contribution < 1.29 is 48.6 Å². The first-order valence-electron chi connectivity index (χ1n) is 46.8. The number of pyridine rings is 2. The molecule has 11 aromatic carbocycles. The summed E-state index contributed by atoms with van der Waals surface area (Å²) in [6.45, 7) is 28.6. The Hall–Kier alpha value is -14.0. The number of amides is 1. The predicted octanol–water partition coefficient (Wildman–Crippen LogP) is 20.4. The van der Waals surface area contributed by atoms with Gasteiger partial charge in [0.2, 0.25) is 5.91 Å². The SMILES string of the molecule is Cc1ccc(OCC(=O)CN(Cc2ccccc2)Cc2ccccc2)cc1.Cc1ccc(OCC(O)CN(Cc2ccn[nH]2)Cc2ccccc2C)cc1.Cc1ccc(OCC(O)CN(Cc2cnccc2C)Cc2cnccc2C)cc1.Cc1ccc(OCC(O)CN(Cc2ncc[nH]2)Cc2ccccc2C)cc1.Cc1ccc(OCCC(=O)N(Cc2ccccc2)Cc2ccccc2)cc1. The summed E-state index contributed by atoms with van der Waals surface area (Å²) >= 11 is 0. The van der Waals surface area contributed by atoms with Crippen molar-refractivity contribution in [3.05, 3.63) is 459 Å². The molecule has 21 heteroatoms. The molecule has 137 heavy (non-hydrogen) atoms. The fourth-order valence-corrected chi connectivity index (χ4v) is 15.0. The summed E-state index contributed by atoms with van der Waals surface area (Å²) < 4.78 is 28.6. The minimum atomic E-state index is -0.606. The number of nitrogens with zero attached hydrogens (tertiary/aromatic N) is 9. The first-order valence-corrected chi connectivity index (χ1v) is 46.8. The van der Waals surface area contributed by atoms with Gasteiger partial charge in [-0.25, -0.2) is 4.98 Å². The van der Waals surface area contributed by atoms with Gasteiger partial charge in [-0.05, 0) is 208 Å². The molecule has 15 rings (SSSR count). The minimum Gasteiger partial charge on any atom is -0.493 e. The van der Waals surface area contributed by atoms with Crippen LogP contribution in [0.4, 0.5) is 0 Å². The number of ketones is 1. The van der Waals surface area contributed by atoms with E-state index < -0.39 is 18.3 Å². The van der Waals surface area contributed by atoms with E-state index in [1.54, 1.807) is 24.8 Å². The van der Waals surface area contributed by atoms with E-state index in [0.717, 1.165) is 88.7 Å². The lowest BCUT2D eigenvalue weighted by molar-refractivity contribution is -0.133. The average molecular weight is 1840 g/mol. The van der Waals surface area contributed by atoms with Crippen LogP contribution >= 0.6 is 0 Å². The summed E-state index contributed by atoms with van der Waals surface area (Å²) in [4.78, 5) is 52.0. The zero-order chi connectivity index (χ0) is 96.6. The Labute approximate surface area is 809 Å². The van der Waals surface area contributed by atoms with E-state index in [0.29, 0.717) is 78.5 Å². The Morgan fingerprint density at radius 2 is 0.672 bits per heavy atom. The maximum absolute atomic E-state index is 12.8. The number of hydrogen-bond acceptors (Lipinski definition) is 18. The molecule has 0 spiro atoms. The number of rotatable bonds is 44.